The topological polar surface area (TPSA) is 55.5 Å². The van der Waals surface area contributed by atoms with Gasteiger partial charge >= 0.3 is 0 Å². The molecular formula is C12H18ClNO2. The number of hydrogen-bond acceptors (Lipinski definition) is 3. The number of aryl methyl sites for hydroxylation is 1. The lowest BCUT2D eigenvalue weighted by atomic mass is 10.0. The van der Waals surface area contributed by atoms with Crippen LogP contribution < -0.4 is 10.5 Å². The molecule has 1 aromatic rings. The van der Waals surface area contributed by atoms with Crippen LogP contribution in [0, 0.1) is 6.92 Å². The molecule has 0 spiro atoms. The maximum atomic E-state index is 9.81. The highest BCUT2D eigenvalue weighted by atomic mass is 35.5. The maximum absolute atomic E-state index is 9.81. The van der Waals surface area contributed by atoms with E-state index in [1.165, 1.54) is 0 Å². The first-order chi connectivity index (χ1) is 7.45. The predicted octanol–water partition coefficient (Wildman–Crippen LogP) is 2.43. The first kappa shape index (κ1) is 13.3. The van der Waals surface area contributed by atoms with Crippen LogP contribution in [0.1, 0.15) is 31.1 Å². The Hall–Kier alpha value is -0.770. The Morgan fingerprint density at radius 2 is 2.06 bits per heavy atom. The van der Waals surface area contributed by atoms with Crippen molar-refractivity contribution in [2.24, 2.45) is 5.73 Å². The number of rotatable bonds is 4. The normalized spacial score (nSPS) is 12.9. The van der Waals surface area contributed by atoms with Crippen molar-refractivity contribution in [3.63, 3.8) is 0 Å². The molecule has 0 saturated heterocycles. The van der Waals surface area contributed by atoms with Crippen molar-refractivity contribution in [3.8, 4) is 5.75 Å². The van der Waals surface area contributed by atoms with Gasteiger partial charge in [-0.25, -0.2) is 0 Å². The van der Waals surface area contributed by atoms with Crippen molar-refractivity contribution in [1.29, 1.82) is 0 Å². The zero-order chi connectivity index (χ0) is 12.3. The van der Waals surface area contributed by atoms with E-state index in [9.17, 15) is 5.11 Å². The predicted molar refractivity (Wildman–Crippen MR) is 66.0 cm³/mol. The Morgan fingerprint density at radius 3 is 2.56 bits per heavy atom. The summed E-state index contributed by atoms with van der Waals surface area (Å²) in [5.41, 5.74) is 7.02. The minimum absolute atomic E-state index is 0.0450. The number of aliphatic hydroxyl groups excluding tert-OH is 1. The van der Waals surface area contributed by atoms with Crippen molar-refractivity contribution >= 4 is 11.6 Å². The molecular weight excluding hydrogens is 226 g/mol. The third-order valence-electron chi connectivity index (χ3n) is 2.20. The molecule has 0 aromatic heterocycles. The van der Waals surface area contributed by atoms with Crippen LogP contribution in [0.3, 0.4) is 0 Å². The van der Waals surface area contributed by atoms with Crippen LogP contribution in [-0.4, -0.2) is 17.8 Å². The van der Waals surface area contributed by atoms with Crippen molar-refractivity contribution in [1.82, 2.24) is 0 Å². The maximum Gasteiger partial charge on any atom is 0.128 e. The first-order valence-corrected chi connectivity index (χ1v) is 5.68. The molecule has 0 fully saturated rings. The second-order valence-corrected chi connectivity index (χ2v) is 4.50. The summed E-state index contributed by atoms with van der Waals surface area (Å²) in [6, 6.07) is 3.51. The van der Waals surface area contributed by atoms with Gasteiger partial charge in [0, 0.05) is 17.1 Å². The van der Waals surface area contributed by atoms with E-state index in [-0.39, 0.29) is 12.6 Å². The molecule has 0 radical (unpaired) electrons. The quantitative estimate of drug-likeness (QED) is 0.854. The molecule has 90 valence electrons. The van der Waals surface area contributed by atoms with Gasteiger partial charge in [-0.05, 0) is 38.5 Å². The van der Waals surface area contributed by atoms with Gasteiger partial charge in [-0.2, -0.15) is 0 Å². The van der Waals surface area contributed by atoms with E-state index < -0.39 is 6.10 Å². The van der Waals surface area contributed by atoms with Crippen LogP contribution >= 0.6 is 11.6 Å². The number of aliphatic hydroxyl groups is 1. The molecule has 0 aliphatic rings. The fourth-order valence-electron chi connectivity index (χ4n) is 1.53. The highest BCUT2D eigenvalue weighted by Crippen LogP contribution is 2.32. The number of benzene rings is 1. The Morgan fingerprint density at radius 1 is 1.44 bits per heavy atom. The lowest BCUT2D eigenvalue weighted by Gasteiger charge is -2.19. The molecule has 1 rings (SSSR count). The van der Waals surface area contributed by atoms with E-state index in [0.29, 0.717) is 16.3 Å². The lowest BCUT2D eigenvalue weighted by Crippen LogP contribution is -2.15. The van der Waals surface area contributed by atoms with Crippen LogP contribution in [-0.2, 0) is 0 Å². The Labute approximate surface area is 101 Å². The average molecular weight is 244 g/mol. The molecule has 0 bridgehead atoms. The molecule has 3 N–H and O–H groups in total. The molecule has 1 atom stereocenters. The van der Waals surface area contributed by atoms with Crippen LogP contribution in [0.2, 0.25) is 5.02 Å². The molecule has 4 heteroatoms. The molecule has 0 aliphatic carbocycles. The van der Waals surface area contributed by atoms with Crippen molar-refractivity contribution in [2.45, 2.75) is 33.0 Å². The van der Waals surface area contributed by atoms with Crippen molar-refractivity contribution < 1.29 is 9.84 Å². The van der Waals surface area contributed by atoms with Gasteiger partial charge in [0.1, 0.15) is 5.75 Å². The molecule has 1 unspecified atom stereocenters. The third-order valence-corrected chi connectivity index (χ3v) is 2.42. The summed E-state index contributed by atoms with van der Waals surface area (Å²) >= 11 is 5.95. The molecule has 16 heavy (non-hydrogen) atoms. The fourth-order valence-corrected chi connectivity index (χ4v) is 1.81. The molecule has 0 amide bonds. The number of ether oxygens (including phenoxy) is 1. The zero-order valence-corrected chi connectivity index (χ0v) is 10.6. The first-order valence-electron chi connectivity index (χ1n) is 5.30. The number of hydrogen-bond donors (Lipinski definition) is 2. The second kappa shape index (κ2) is 5.53. The van der Waals surface area contributed by atoms with Gasteiger partial charge < -0.3 is 15.6 Å². The largest absolute Gasteiger partial charge is 0.490 e. The van der Waals surface area contributed by atoms with Crippen molar-refractivity contribution in [3.05, 3.63) is 28.3 Å². The van der Waals surface area contributed by atoms with E-state index >= 15 is 0 Å². The smallest absolute Gasteiger partial charge is 0.128 e. The summed E-state index contributed by atoms with van der Waals surface area (Å²) < 4.78 is 5.68. The lowest BCUT2D eigenvalue weighted by molar-refractivity contribution is 0.172. The Balaban J connectivity index is 3.20. The van der Waals surface area contributed by atoms with E-state index in [0.717, 1.165) is 5.56 Å². The van der Waals surface area contributed by atoms with E-state index in [2.05, 4.69) is 0 Å². The van der Waals surface area contributed by atoms with Gasteiger partial charge in [0.15, 0.2) is 0 Å². The SMILES string of the molecule is Cc1cc(Cl)cc(C(O)CN)c1OC(C)C. The van der Waals surface area contributed by atoms with E-state index in [4.69, 9.17) is 22.1 Å². The minimum atomic E-state index is -0.744. The van der Waals surface area contributed by atoms with Crippen LogP contribution in [0.25, 0.3) is 0 Å². The van der Waals surface area contributed by atoms with Gasteiger partial charge in [-0.15, -0.1) is 0 Å². The monoisotopic (exact) mass is 243 g/mol. The fraction of sp³-hybridized carbons (Fsp3) is 0.500. The highest BCUT2D eigenvalue weighted by Gasteiger charge is 2.16. The third kappa shape index (κ3) is 3.11. The molecule has 3 nitrogen and oxygen atoms in total. The van der Waals surface area contributed by atoms with Gasteiger partial charge in [0.2, 0.25) is 0 Å². The Kier molecular flexibility index (Phi) is 4.59. The summed E-state index contributed by atoms with van der Waals surface area (Å²) in [6.45, 7) is 5.92. The molecule has 0 saturated carbocycles. The molecule has 1 aromatic carbocycles. The van der Waals surface area contributed by atoms with E-state index in [1.54, 1.807) is 6.07 Å². The van der Waals surface area contributed by atoms with Crippen molar-refractivity contribution in [2.75, 3.05) is 6.54 Å². The second-order valence-electron chi connectivity index (χ2n) is 4.06. The van der Waals surface area contributed by atoms with Gasteiger partial charge in [0.05, 0.1) is 12.2 Å². The number of nitrogens with two attached hydrogens (primary N) is 1. The number of halogens is 1. The van der Waals surface area contributed by atoms with Gasteiger partial charge in [0.25, 0.3) is 0 Å². The summed E-state index contributed by atoms with van der Waals surface area (Å²) in [5, 5.41) is 10.4. The zero-order valence-electron chi connectivity index (χ0n) is 9.83. The van der Waals surface area contributed by atoms with E-state index in [1.807, 2.05) is 26.8 Å². The summed E-state index contributed by atoms with van der Waals surface area (Å²) in [6.07, 6.45) is -0.699. The Bertz CT molecular complexity index is 366. The van der Waals surface area contributed by atoms with Crippen LogP contribution in [0.15, 0.2) is 12.1 Å². The summed E-state index contributed by atoms with van der Waals surface area (Å²) in [7, 11) is 0. The van der Waals surface area contributed by atoms with Gasteiger partial charge in [-0.3, -0.25) is 0 Å². The molecule has 0 heterocycles. The minimum Gasteiger partial charge on any atom is -0.490 e. The summed E-state index contributed by atoms with van der Waals surface area (Å²) in [5.74, 6) is 0.678. The van der Waals surface area contributed by atoms with Gasteiger partial charge in [-0.1, -0.05) is 11.6 Å². The van der Waals surface area contributed by atoms with Crippen LogP contribution in [0.4, 0.5) is 0 Å². The summed E-state index contributed by atoms with van der Waals surface area (Å²) in [4.78, 5) is 0. The average Bonchev–Trinajstić information content (AvgIpc) is 2.20. The standard InChI is InChI=1S/C12H18ClNO2/c1-7(2)16-12-8(3)4-9(13)5-10(12)11(15)6-14/h4-5,7,11,15H,6,14H2,1-3H3. The molecule has 0 aliphatic heterocycles. The van der Waals surface area contributed by atoms with Crippen LogP contribution in [0.5, 0.6) is 5.75 Å². The highest BCUT2D eigenvalue weighted by molar-refractivity contribution is 6.30.